The van der Waals surface area contributed by atoms with E-state index < -0.39 is 0 Å². The van der Waals surface area contributed by atoms with Crippen molar-refractivity contribution < 1.29 is 4.79 Å². The Morgan fingerprint density at radius 3 is 2.96 bits per heavy atom. The predicted molar refractivity (Wildman–Crippen MR) is 86.5 cm³/mol. The van der Waals surface area contributed by atoms with Gasteiger partial charge in [-0.2, -0.15) is 9.90 Å². The van der Waals surface area contributed by atoms with Crippen LogP contribution in [0.25, 0.3) is 11.4 Å². The van der Waals surface area contributed by atoms with Crippen molar-refractivity contribution >= 4 is 11.6 Å². The number of hydrogen-bond donors (Lipinski definition) is 1. The summed E-state index contributed by atoms with van der Waals surface area (Å²) in [7, 11) is 0. The second-order valence-electron chi connectivity index (χ2n) is 5.79. The van der Waals surface area contributed by atoms with E-state index in [0.717, 1.165) is 30.5 Å². The fourth-order valence-electron chi connectivity index (χ4n) is 2.65. The summed E-state index contributed by atoms with van der Waals surface area (Å²) in [5.74, 6) is 0.705. The van der Waals surface area contributed by atoms with E-state index in [-0.39, 0.29) is 12.5 Å². The number of hydrazone groups is 1. The van der Waals surface area contributed by atoms with E-state index in [1.807, 2.05) is 30.3 Å². The van der Waals surface area contributed by atoms with Gasteiger partial charge in [-0.15, -0.1) is 10.2 Å². The first kappa shape index (κ1) is 15.3. The molecular formula is C16H20N6O. The van der Waals surface area contributed by atoms with Crippen LogP contribution in [-0.4, -0.2) is 31.8 Å². The molecule has 1 amide bonds. The summed E-state index contributed by atoms with van der Waals surface area (Å²) in [6, 6.07) is 9.54. The van der Waals surface area contributed by atoms with E-state index >= 15 is 0 Å². The Hall–Kier alpha value is -2.57. The lowest BCUT2D eigenvalue weighted by atomic mass is 9.89. The van der Waals surface area contributed by atoms with Crippen LogP contribution in [0.3, 0.4) is 0 Å². The molecule has 1 aromatic heterocycles. The Balaban J connectivity index is 1.58. The zero-order chi connectivity index (χ0) is 16.1. The largest absolute Gasteiger partial charge is 0.271 e. The quantitative estimate of drug-likeness (QED) is 0.875. The summed E-state index contributed by atoms with van der Waals surface area (Å²) >= 11 is 0. The normalized spacial score (nSPS) is 19.7. The van der Waals surface area contributed by atoms with Gasteiger partial charge in [0, 0.05) is 11.3 Å². The fourth-order valence-corrected chi connectivity index (χ4v) is 2.65. The standard InChI is InChI=1S/C16H20N6O/c1-12-7-5-6-10-14(12)17-18-15(23)11-22-20-16(19-21-22)13-8-3-2-4-9-13/h2-4,8-9,12H,5-7,10-11H2,1H3,(H,18,23)/t12-/m0/s1. The van der Waals surface area contributed by atoms with Gasteiger partial charge in [0.1, 0.15) is 6.54 Å². The average Bonchev–Trinajstić information content (AvgIpc) is 3.03. The van der Waals surface area contributed by atoms with E-state index in [1.165, 1.54) is 11.2 Å². The molecule has 23 heavy (non-hydrogen) atoms. The second kappa shape index (κ2) is 7.13. The van der Waals surface area contributed by atoms with Crippen LogP contribution in [0.4, 0.5) is 0 Å². The van der Waals surface area contributed by atoms with Crippen molar-refractivity contribution in [2.45, 2.75) is 39.2 Å². The summed E-state index contributed by atoms with van der Waals surface area (Å²) in [6.07, 6.45) is 4.48. The number of nitrogens with one attached hydrogen (secondary N) is 1. The number of nitrogens with zero attached hydrogens (tertiary/aromatic N) is 5. The van der Waals surface area contributed by atoms with Crippen LogP contribution in [0, 0.1) is 5.92 Å². The maximum Gasteiger partial charge on any atom is 0.263 e. The molecule has 0 spiro atoms. The molecule has 1 aliphatic carbocycles. The average molecular weight is 312 g/mol. The number of aromatic nitrogens is 4. The van der Waals surface area contributed by atoms with Gasteiger partial charge in [-0.3, -0.25) is 4.79 Å². The summed E-state index contributed by atoms with van der Waals surface area (Å²) in [6.45, 7) is 2.15. The summed E-state index contributed by atoms with van der Waals surface area (Å²) in [5, 5.41) is 16.3. The van der Waals surface area contributed by atoms with Crippen LogP contribution in [0.1, 0.15) is 32.6 Å². The summed E-state index contributed by atoms with van der Waals surface area (Å²) in [4.78, 5) is 13.2. The van der Waals surface area contributed by atoms with Crippen LogP contribution >= 0.6 is 0 Å². The number of amides is 1. The molecule has 1 heterocycles. The minimum atomic E-state index is -0.243. The molecular weight excluding hydrogens is 292 g/mol. The van der Waals surface area contributed by atoms with Gasteiger partial charge in [0.15, 0.2) is 0 Å². The zero-order valence-corrected chi connectivity index (χ0v) is 13.1. The Kier molecular flexibility index (Phi) is 4.75. The second-order valence-corrected chi connectivity index (χ2v) is 5.79. The maximum absolute atomic E-state index is 12.0. The number of carbonyl (C=O) groups is 1. The fraction of sp³-hybridized carbons (Fsp3) is 0.438. The van der Waals surface area contributed by atoms with Gasteiger partial charge in [0.05, 0.1) is 0 Å². The molecule has 1 saturated carbocycles. The Bertz CT molecular complexity index is 694. The van der Waals surface area contributed by atoms with Crippen LogP contribution in [0.15, 0.2) is 35.4 Å². The molecule has 3 rings (SSSR count). The highest BCUT2D eigenvalue weighted by atomic mass is 16.2. The highest BCUT2D eigenvalue weighted by molar-refractivity contribution is 5.88. The van der Waals surface area contributed by atoms with E-state index in [1.54, 1.807) is 0 Å². The molecule has 0 aliphatic heterocycles. The lowest BCUT2D eigenvalue weighted by Gasteiger charge is -2.19. The van der Waals surface area contributed by atoms with Gasteiger partial charge in [-0.05, 0) is 30.4 Å². The molecule has 0 radical (unpaired) electrons. The molecule has 2 aromatic rings. The predicted octanol–water partition coefficient (Wildman–Crippen LogP) is 2.02. The number of rotatable bonds is 4. The maximum atomic E-state index is 12.0. The van der Waals surface area contributed by atoms with E-state index in [2.05, 4.69) is 32.9 Å². The molecule has 0 saturated heterocycles. The molecule has 7 heteroatoms. The number of carbonyl (C=O) groups excluding carboxylic acids is 1. The third kappa shape index (κ3) is 4.00. The Labute approximate surface area is 134 Å². The van der Waals surface area contributed by atoms with Crippen molar-refractivity contribution in [2.75, 3.05) is 0 Å². The minimum Gasteiger partial charge on any atom is -0.271 e. The number of hydrogen-bond acceptors (Lipinski definition) is 5. The van der Waals surface area contributed by atoms with Crippen molar-refractivity contribution in [3.8, 4) is 11.4 Å². The van der Waals surface area contributed by atoms with Gasteiger partial charge < -0.3 is 0 Å². The third-order valence-corrected chi connectivity index (χ3v) is 3.98. The van der Waals surface area contributed by atoms with Crippen molar-refractivity contribution in [1.82, 2.24) is 25.6 Å². The van der Waals surface area contributed by atoms with Gasteiger partial charge in [0.2, 0.25) is 5.82 Å². The molecule has 1 atom stereocenters. The molecule has 7 nitrogen and oxygen atoms in total. The van der Waals surface area contributed by atoms with Gasteiger partial charge in [-0.1, -0.05) is 43.7 Å². The molecule has 120 valence electrons. The Morgan fingerprint density at radius 1 is 1.35 bits per heavy atom. The first-order valence-corrected chi connectivity index (χ1v) is 7.91. The van der Waals surface area contributed by atoms with Crippen molar-refractivity contribution in [2.24, 2.45) is 11.0 Å². The van der Waals surface area contributed by atoms with Crippen LogP contribution in [0.2, 0.25) is 0 Å². The Morgan fingerprint density at radius 2 is 2.17 bits per heavy atom. The van der Waals surface area contributed by atoms with Crippen LogP contribution in [0.5, 0.6) is 0 Å². The lowest BCUT2D eigenvalue weighted by Crippen LogP contribution is -2.27. The van der Waals surface area contributed by atoms with Gasteiger partial charge in [0.25, 0.3) is 5.91 Å². The van der Waals surface area contributed by atoms with Crippen LogP contribution < -0.4 is 5.43 Å². The first-order chi connectivity index (χ1) is 11.2. The molecule has 1 fully saturated rings. The smallest absolute Gasteiger partial charge is 0.263 e. The molecule has 0 unspecified atom stereocenters. The van der Waals surface area contributed by atoms with Crippen molar-refractivity contribution in [3.63, 3.8) is 0 Å². The first-order valence-electron chi connectivity index (χ1n) is 7.91. The minimum absolute atomic E-state index is 0.00495. The third-order valence-electron chi connectivity index (χ3n) is 3.98. The van der Waals surface area contributed by atoms with E-state index in [0.29, 0.717) is 11.7 Å². The topological polar surface area (TPSA) is 85.1 Å². The van der Waals surface area contributed by atoms with E-state index in [9.17, 15) is 4.79 Å². The zero-order valence-electron chi connectivity index (χ0n) is 13.1. The highest BCUT2D eigenvalue weighted by Gasteiger charge is 2.16. The lowest BCUT2D eigenvalue weighted by molar-refractivity contribution is -0.122. The number of benzene rings is 1. The van der Waals surface area contributed by atoms with Crippen molar-refractivity contribution in [3.05, 3.63) is 30.3 Å². The molecule has 0 bridgehead atoms. The highest BCUT2D eigenvalue weighted by Crippen LogP contribution is 2.20. The summed E-state index contributed by atoms with van der Waals surface area (Å²) < 4.78 is 0. The van der Waals surface area contributed by atoms with Crippen molar-refractivity contribution in [1.29, 1.82) is 0 Å². The molecule has 1 aromatic carbocycles. The number of tetrazole rings is 1. The monoisotopic (exact) mass is 312 g/mol. The summed E-state index contributed by atoms with van der Waals surface area (Å²) in [5.41, 5.74) is 4.54. The molecule has 1 aliphatic rings. The van der Waals surface area contributed by atoms with E-state index in [4.69, 9.17) is 0 Å². The van der Waals surface area contributed by atoms with Gasteiger partial charge in [-0.25, -0.2) is 5.43 Å². The van der Waals surface area contributed by atoms with Crippen LogP contribution in [-0.2, 0) is 11.3 Å². The molecule has 1 N–H and O–H groups in total. The van der Waals surface area contributed by atoms with Gasteiger partial charge >= 0.3 is 0 Å². The SMILES string of the molecule is C[C@H]1CCCCC1=NNC(=O)Cn1nnc(-c2ccccc2)n1.